The Bertz CT molecular complexity index is 1480. The van der Waals surface area contributed by atoms with Crippen LogP contribution in [0.4, 0.5) is 30.6 Å². The first-order valence-corrected chi connectivity index (χ1v) is 14.9. The van der Waals surface area contributed by atoms with Gasteiger partial charge in [-0.3, -0.25) is 4.90 Å². The number of aromatic amines is 1. The van der Waals surface area contributed by atoms with E-state index in [1.165, 1.54) is 29.6 Å². The fraction of sp³-hybridized carbons (Fsp3) is 0.538. The molecular formula is C26H34F3N7O4S. The molecule has 0 saturated carbocycles. The molecule has 5 rings (SSSR count). The van der Waals surface area contributed by atoms with Gasteiger partial charge in [0.1, 0.15) is 17.2 Å². The monoisotopic (exact) mass is 597 g/mol. The molecule has 0 bridgehead atoms. The van der Waals surface area contributed by atoms with Crippen LogP contribution in [0.5, 0.6) is 5.75 Å². The van der Waals surface area contributed by atoms with Crippen molar-refractivity contribution in [3.63, 3.8) is 0 Å². The highest BCUT2D eigenvalue weighted by Gasteiger charge is 2.36. The van der Waals surface area contributed by atoms with E-state index in [9.17, 15) is 21.6 Å². The number of aromatic nitrogens is 3. The first-order valence-electron chi connectivity index (χ1n) is 13.5. The summed E-state index contributed by atoms with van der Waals surface area (Å²) in [4.78, 5) is 13.6. The van der Waals surface area contributed by atoms with Crippen LogP contribution in [0.1, 0.15) is 32.3 Å². The van der Waals surface area contributed by atoms with Crippen molar-refractivity contribution in [3.05, 3.63) is 30.0 Å². The van der Waals surface area contributed by atoms with Crippen LogP contribution in [-0.2, 0) is 20.9 Å². The van der Waals surface area contributed by atoms with Crippen molar-refractivity contribution in [2.24, 2.45) is 0 Å². The van der Waals surface area contributed by atoms with Gasteiger partial charge < -0.3 is 25.1 Å². The minimum Gasteiger partial charge on any atom is -0.495 e. The second kappa shape index (κ2) is 11.6. The number of anilines is 3. The molecule has 0 radical (unpaired) electrons. The number of benzene rings is 1. The Morgan fingerprint density at radius 1 is 1.12 bits per heavy atom. The molecule has 3 N–H and O–H groups in total. The summed E-state index contributed by atoms with van der Waals surface area (Å²) in [7, 11) is -2.37. The Hall–Kier alpha value is -3.14. The van der Waals surface area contributed by atoms with Crippen molar-refractivity contribution < 1.29 is 31.1 Å². The highest BCUT2D eigenvalue weighted by Crippen LogP contribution is 2.38. The van der Waals surface area contributed by atoms with E-state index in [-0.39, 0.29) is 39.5 Å². The topological polar surface area (TPSA) is 125 Å². The van der Waals surface area contributed by atoms with Crippen LogP contribution < -0.4 is 15.4 Å². The summed E-state index contributed by atoms with van der Waals surface area (Å²) >= 11 is 0. The molecule has 2 fully saturated rings. The van der Waals surface area contributed by atoms with E-state index in [2.05, 4.69) is 30.5 Å². The van der Waals surface area contributed by atoms with E-state index in [0.717, 1.165) is 32.1 Å². The third kappa shape index (κ3) is 6.22. The average Bonchev–Trinajstić information content (AvgIpc) is 3.39. The van der Waals surface area contributed by atoms with Gasteiger partial charge in [0, 0.05) is 50.5 Å². The molecule has 2 aromatic heterocycles. The number of ether oxygens (including phenoxy) is 2. The zero-order valence-electron chi connectivity index (χ0n) is 23.1. The van der Waals surface area contributed by atoms with Crippen LogP contribution in [0.2, 0.25) is 0 Å². The molecule has 3 aromatic rings. The second-order valence-electron chi connectivity index (χ2n) is 10.4. The van der Waals surface area contributed by atoms with Crippen LogP contribution in [0, 0.1) is 0 Å². The van der Waals surface area contributed by atoms with Crippen molar-refractivity contribution in [3.8, 4) is 5.75 Å². The van der Waals surface area contributed by atoms with E-state index in [0.29, 0.717) is 38.0 Å². The Labute approximate surface area is 236 Å². The Morgan fingerprint density at radius 2 is 1.83 bits per heavy atom. The largest absolute Gasteiger partial charge is 0.495 e. The quantitative estimate of drug-likeness (QED) is 0.353. The number of nitrogens with zero attached hydrogens (tertiary/aromatic N) is 4. The number of H-pyrrole nitrogens is 1. The van der Waals surface area contributed by atoms with Gasteiger partial charge in [0.05, 0.1) is 41.9 Å². The van der Waals surface area contributed by atoms with Gasteiger partial charge in [-0.2, -0.15) is 27.4 Å². The number of morpholine rings is 1. The van der Waals surface area contributed by atoms with E-state index in [4.69, 9.17) is 9.47 Å². The summed E-state index contributed by atoms with van der Waals surface area (Å²) in [5.41, 5.74) is -0.519. The molecule has 2 aliphatic rings. The first-order chi connectivity index (χ1) is 19.5. The number of piperidine rings is 1. The molecule has 0 aliphatic carbocycles. The Balaban J connectivity index is 1.37. The Morgan fingerprint density at radius 3 is 2.46 bits per heavy atom. The van der Waals surface area contributed by atoms with Gasteiger partial charge in [-0.15, -0.1) is 0 Å². The van der Waals surface area contributed by atoms with E-state index >= 15 is 0 Å². The number of hydrogen-bond donors (Lipinski definition) is 3. The zero-order valence-corrected chi connectivity index (χ0v) is 23.9. The van der Waals surface area contributed by atoms with Crippen LogP contribution in [0.25, 0.3) is 11.0 Å². The number of nitrogens with one attached hydrogen (secondary N) is 3. The predicted molar refractivity (Wildman–Crippen MR) is 148 cm³/mol. The van der Waals surface area contributed by atoms with Gasteiger partial charge in [0.2, 0.25) is 16.0 Å². The maximum atomic E-state index is 13.6. The summed E-state index contributed by atoms with van der Waals surface area (Å²) in [6.07, 6.45) is -2.24. The highest BCUT2D eigenvalue weighted by atomic mass is 32.2. The summed E-state index contributed by atoms with van der Waals surface area (Å²) in [5.74, 6) is 0.244. The first kappa shape index (κ1) is 29.4. The summed E-state index contributed by atoms with van der Waals surface area (Å²) in [5, 5.41) is 5.75. The van der Waals surface area contributed by atoms with Crippen LogP contribution in [0.15, 0.2) is 29.3 Å². The van der Waals surface area contributed by atoms with Crippen LogP contribution >= 0.6 is 0 Å². The Kier molecular flexibility index (Phi) is 8.32. The standard InChI is InChI=1S/C26H34F3N7O4S/c1-16(2)31-24-22-19(26(27,28)29)15-30-23(22)33-25(34-24)32-20-5-4-18(14-21(20)39-3)41(37,38)36-8-6-17(7-9-36)35-10-12-40-13-11-35/h4-5,14-17H,6-13H2,1-3H3,(H3,30,31,32,33,34). The van der Waals surface area contributed by atoms with E-state index in [1.807, 2.05) is 0 Å². The SMILES string of the molecule is COc1cc(S(=O)(=O)N2CCC(N3CCOCC3)CC2)ccc1Nc1nc(NC(C)C)c2c(C(F)(F)F)c[nH]c2n1. The maximum Gasteiger partial charge on any atom is 0.418 e. The lowest BCUT2D eigenvalue weighted by molar-refractivity contribution is -0.136. The molecule has 224 valence electrons. The summed E-state index contributed by atoms with van der Waals surface area (Å²) in [6.45, 7) is 7.54. The van der Waals surface area contributed by atoms with Crippen molar-refractivity contribution >= 4 is 38.5 Å². The van der Waals surface area contributed by atoms with Crippen molar-refractivity contribution in [1.29, 1.82) is 0 Å². The van der Waals surface area contributed by atoms with E-state index in [1.54, 1.807) is 13.8 Å². The average molecular weight is 598 g/mol. The second-order valence-corrected chi connectivity index (χ2v) is 12.3. The lowest BCUT2D eigenvalue weighted by Gasteiger charge is -2.39. The van der Waals surface area contributed by atoms with Crippen LogP contribution in [-0.4, -0.2) is 91.2 Å². The molecule has 4 heterocycles. The molecule has 0 atom stereocenters. The van der Waals surface area contributed by atoms with Gasteiger partial charge in [-0.05, 0) is 38.8 Å². The van der Waals surface area contributed by atoms with Gasteiger partial charge in [-0.25, -0.2) is 8.42 Å². The van der Waals surface area contributed by atoms with Crippen LogP contribution in [0.3, 0.4) is 0 Å². The van der Waals surface area contributed by atoms with Crippen molar-refractivity contribution in [2.75, 3.05) is 57.1 Å². The maximum absolute atomic E-state index is 13.6. The fourth-order valence-corrected chi connectivity index (χ4v) is 6.77. The molecule has 0 amide bonds. The molecule has 2 aliphatic heterocycles. The third-order valence-corrected chi connectivity index (χ3v) is 9.20. The minimum absolute atomic E-state index is 0.00313. The van der Waals surface area contributed by atoms with Gasteiger partial charge in [0.15, 0.2) is 0 Å². The number of methoxy groups -OCH3 is 1. The van der Waals surface area contributed by atoms with Crippen molar-refractivity contribution in [1.82, 2.24) is 24.2 Å². The number of alkyl halides is 3. The third-order valence-electron chi connectivity index (χ3n) is 7.31. The summed E-state index contributed by atoms with van der Waals surface area (Å²) in [6, 6.07) is 4.57. The molecule has 2 saturated heterocycles. The number of sulfonamides is 1. The van der Waals surface area contributed by atoms with Crippen molar-refractivity contribution in [2.45, 2.75) is 49.8 Å². The molecule has 15 heteroatoms. The molecule has 0 spiro atoms. The van der Waals surface area contributed by atoms with Gasteiger partial charge in [0.25, 0.3) is 0 Å². The molecule has 41 heavy (non-hydrogen) atoms. The number of fused-ring (bicyclic) bond motifs is 1. The smallest absolute Gasteiger partial charge is 0.418 e. The highest BCUT2D eigenvalue weighted by molar-refractivity contribution is 7.89. The normalized spacial score (nSPS) is 18.2. The predicted octanol–water partition coefficient (Wildman–Crippen LogP) is 4.03. The lowest BCUT2D eigenvalue weighted by Crippen LogP contribution is -2.50. The molecule has 0 unspecified atom stereocenters. The molecule has 1 aromatic carbocycles. The molecule has 11 nitrogen and oxygen atoms in total. The zero-order chi connectivity index (χ0) is 29.4. The van der Waals surface area contributed by atoms with Gasteiger partial charge in [-0.1, -0.05) is 0 Å². The lowest BCUT2D eigenvalue weighted by atomic mass is 10.0. The van der Waals surface area contributed by atoms with Gasteiger partial charge >= 0.3 is 6.18 Å². The molecular weight excluding hydrogens is 563 g/mol. The number of halogens is 3. The number of rotatable bonds is 8. The summed E-state index contributed by atoms with van der Waals surface area (Å²) < 4.78 is 80.1. The number of hydrogen-bond acceptors (Lipinski definition) is 9. The van der Waals surface area contributed by atoms with E-state index < -0.39 is 21.8 Å². The fourth-order valence-electron chi connectivity index (χ4n) is 5.29. The minimum atomic E-state index is -4.59.